The van der Waals surface area contributed by atoms with Crippen molar-refractivity contribution in [3.63, 3.8) is 0 Å². The minimum absolute atomic E-state index is 0.117. The topological polar surface area (TPSA) is 68.8 Å². The summed E-state index contributed by atoms with van der Waals surface area (Å²) >= 11 is 5.75. The molecule has 17 heavy (non-hydrogen) atoms. The summed E-state index contributed by atoms with van der Waals surface area (Å²) < 4.78 is 0. The Kier molecular flexibility index (Phi) is 5.51. The van der Waals surface area contributed by atoms with Crippen molar-refractivity contribution < 1.29 is 4.79 Å². The van der Waals surface area contributed by atoms with Crippen LogP contribution in [0.1, 0.15) is 13.3 Å². The van der Waals surface area contributed by atoms with Gasteiger partial charge in [-0.05, 0) is 13.3 Å². The van der Waals surface area contributed by atoms with E-state index < -0.39 is 0 Å². The molecule has 0 atom stereocenters. The fourth-order valence-corrected chi connectivity index (χ4v) is 1.21. The standard InChI is InChI=1S/C10H16ClN5O/c1-8(2)10(17)12-4-3-5-14-16-7-9(11)6-13-15-16/h6-7,14-15H,1,3-5H2,2H3,(H,12,17). The molecule has 3 N–H and O–H groups in total. The first-order valence-electron chi connectivity index (χ1n) is 5.22. The molecule has 1 aliphatic rings. The normalized spacial score (nSPS) is 14.0. The van der Waals surface area contributed by atoms with Crippen molar-refractivity contribution in [1.29, 1.82) is 0 Å². The molecule has 6 nitrogen and oxygen atoms in total. The first-order valence-corrected chi connectivity index (χ1v) is 5.60. The van der Waals surface area contributed by atoms with E-state index in [4.69, 9.17) is 11.6 Å². The van der Waals surface area contributed by atoms with Gasteiger partial charge in [-0.15, -0.1) is 0 Å². The van der Waals surface area contributed by atoms with Crippen LogP contribution >= 0.6 is 11.6 Å². The van der Waals surface area contributed by atoms with Crippen LogP contribution in [0.4, 0.5) is 0 Å². The summed E-state index contributed by atoms with van der Waals surface area (Å²) in [6.07, 6.45) is 3.96. The number of hydrazone groups is 1. The number of amides is 1. The van der Waals surface area contributed by atoms with E-state index in [-0.39, 0.29) is 5.91 Å². The molecule has 0 fully saturated rings. The van der Waals surface area contributed by atoms with Gasteiger partial charge in [-0.25, -0.2) is 16.1 Å². The Bertz CT molecular complexity index is 353. The van der Waals surface area contributed by atoms with Crippen molar-refractivity contribution in [3.8, 4) is 0 Å². The van der Waals surface area contributed by atoms with Crippen LogP contribution in [0, 0.1) is 0 Å². The Hall–Kier alpha value is -1.53. The maximum absolute atomic E-state index is 11.2. The van der Waals surface area contributed by atoms with Crippen LogP contribution in [0.25, 0.3) is 0 Å². The zero-order valence-electron chi connectivity index (χ0n) is 9.66. The summed E-state index contributed by atoms with van der Waals surface area (Å²) in [7, 11) is 0. The molecule has 0 spiro atoms. The van der Waals surface area contributed by atoms with E-state index in [1.54, 1.807) is 18.2 Å². The number of halogens is 1. The van der Waals surface area contributed by atoms with Crippen LogP contribution in [0.15, 0.2) is 28.5 Å². The van der Waals surface area contributed by atoms with Gasteiger partial charge in [-0.2, -0.15) is 5.10 Å². The Morgan fingerprint density at radius 1 is 1.65 bits per heavy atom. The van der Waals surface area contributed by atoms with Crippen LogP contribution in [-0.2, 0) is 4.79 Å². The van der Waals surface area contributed by atoms with Crippen LogP contribution in [0.3, 0.4) is 0 Å². The van der Waals surface area contributed by atoms with Crippen molar-refractivity contribution in [1.82, 2.24) is 21.4 Å². The largest absolute Gasteiger partial charge is 0.352 e. The maximum Gasteiger partial charge on any atom is 0.246 e. The van der Waals surface area contributed by atoms with Gasteiger partial charge in [0.05, 0.1) is 17.4 Å². The predicted molar refractivity (Wildman–Crippen MR) is 67.8 cm³/mol. The van der Waals surface area contributed by atoms with Crippen molar-refractivity contribution >= 4 is 23.7 Å². The first-order chi connectivity index (χ1) is 8.09. The number of hydrogen-bond donors (Lipinski definition) is 3. The molecule has 0 aromatic carbocycles. The molecule has 1 heterocycles. The quantitative estimate of drug-likeness (QED) is 0.478. The zero-order chi connectivity index (χ0) is 12.7. The molecule has 0 aromatic heterocycles. The summed E-state index contributed by atoms with van der Waals surface area (Å²) in [5.41, 5.74) is 6.24. The van der Waals surface area contributed by atoms with Crippen molar-refractivity contribution in [2.45, 2.75) is 13.3 Å². The lowest BCUT2D eigenvalue weighted by Gasteiger charge is -2.22. The number of nitrogens with zero attached hydrogens (tertiary/aromatic N) is 2. The second-order valence-electron chi connectivity index (χ2n) is 3.54. The van der Waals surface area contributed by atoms with Crippen LogP contribution in [-0.4, -0.2) is 30.3 Å². The molecular weight excluding hydrogens is 242 g/mol. The summed E-state index contributed by atoms with van der Waals surface area (Å²) in [6, 6.07) is 0. The Balaban J connectivity index is 2.07. The molecular formula is C10H16ClN5O. The molecule has 1 aliphatic heterocycles. The average Bonchev–Trinajstić information content (AvgIpc) is 2.28. The van der Waals surface area contributed by atoms with E-state index >= 15 is 0 Å². The zero-order valence-corrected chi connectivity index (χ0v) is 10.4. The van der Waals surface area contributed by atoms with Gasteiger partial charge < -0.3 is 5.32 Å². The number of allylic oxidation sites excluding steroid dienone is 1. The molecule has 0 unspecified atom stereocenters. The number of rotatable bonds is 6. The number of nitrogens with one attached hydrogen (secondary N) is 3. The highest BCUT2D eigenvalue weighted by Crippen LogP contribution is 2.00. The molecule has 1 rings (SSSR count). The Morgan fingerprint density at radius 2 is 2.41 bits per heavy atom. The third kappa shape index (κ3) is 5.37. The first kappa shape index (κ1) is 13.5. The van der Waals surface area contributed by atoms with Gasteiger partial charge in [-0.1, -0.05) is 18.2 Å². The van der Waals surface area contributed by atoms with Gasteiger partial charge in [0.25, 0.3) is 0 Å². The highest BCUT2D eigenvalue weighted by molar-refractivity contribution is 6.39. The number of hydrogen-bond acceptors (Lipinski definition) is 5. The lowest BCUT2D eigenvalue weighted by molar-refractivity contribution is -0.117. The van der Waals surface area contributed by atoms with Gasteiger partial charge in [0.2, 0.25) is 5.91 Å². The van der Waals surface area contributed by atoms with E-state index in [2.05, 4.69) is 28.0 Å². The second kappa shape index (κ2) is 6.93. The van der Waals surface area contributed by atoms with Gasteiger partial charge in [-0.3, -0.25) is 4.79 Å². The van der Waals surface area contributed by atoms with Crippen molar-refractivity contribution in [2.75, 3.05) is 13.1 Å². The molecule has 0 aromatic rings. The highest BCUT2D eigenvalue weighted by atomic mass is 35.5. The molecule has 0 saturated carbocycles. The minimum Gasteiger partial charge on any atom is -0.352 e. The highest BCUT2D eigenvalue weighted by Gasteiger charge is 2.03. The van der Waals surface area contributed by atoms with Crippen LogP contribution in [0.5, 0.6) is 0 Å². The van der Waals surface area contributed by atoms with Crippen molar-refractivity contribution in [3.05, 3.63) is 23.4 Å². The third-order valence-electron chi connectivity index (χ3n) is 1.91. The van der Waals surface area contributed by atoms with Gasteiger partial charge in [0, 0.05) is 18.7 Å². The third-order valence-corrected chi connectivity index (χ3v) is 2.11. The van der Waals surface area contributed by atoms with E-state index in [0.29, 0.717) is 23.7 Å². The fraction of sp³-hybridized carbons (Fsp3) is 0.400. The lowest BCUT2D eigenvalue weighted by atomic mass is 10.3. The second-order valence-corrected chi connectivity index (χ2v) is 3.98. The Morgan fingerprint density at radius 3 is 3.06 bits per heavy atom. The molecule has 0 saturated heterocycles. The van der Waals surface area contributed by atoms with Crippen LogP contribution < -0.4 is 16.3 Å². The van der Waals surface area contributed by atoms with Gasteiger partial charge >= 0.3 is 0 Å². The monoisotopic (exact) mass is 257 g/mol. The summed E-state index contributed by atoms with van der Waals surface area (Å²) in [4.78, 5) is 11.2. The summed E-state index contributed by atoms with van der Waals surface area (Å²) in [5.74, 6) is -0.117. The van der Waals surface area contributed by atoms with Gasteiger partial charge in [0.1, 0.15) is 0 Å². The van der Waals surface area contributed by atoms with Crippen LogP contribution in [0.2, 0.25) is 0 Å². The molecule has 0 radical (unpaired) electrons. The molecule has 7 heteroatoms. The SMILES string of the molecule is C=C(C)C(=O)NCCCNN1C=C(Cl)C=NN1. The number of carbonyl (C=O) groups is 1. The molecule has 0 aliphatic carbocycles. The average molecular weight is 258 g/mol. The molecule has 94 valence electrons. The maximum atomic E-state index is 11.2. The smallest absolute Gasteiger partial charge is 0.246 e. The predicted octanol–water partition coefficient (Wildman–Crippen LogP) is 0.460. The van der Waals surface area contributed by atoms with E-state index in [9.17, 15) is 4.79 Å². The minimum atomic E-state index is -0.117. The van der Waals surface area contributed by atoms with Gasteiger partial charge in [0.15, 0.2) is 0 Å². The van der Waals surface area contributed by atoms with Crippen molar-refractivity contribution in [2.24, 2.45) is 5.10 Å². The summed E-state index contributed by atoms with van der Waals surface area (Å²) in [5, 5.41) is 8.63. The Labute approximate surface area is 105 Å². The summed E-state index contributed by atoms with van der Waals surface area (Å²) in [6.45, 7) is 6.50. The van der Waals surface area contributed by atoms with E-state index in [1.807, 2.05) is 0 Å². The lowest BCUT2D eigenvalue weighted by Crippen LogP contribution is -2.44. The number of hydrazine groups is 2. The molecule has 0 bridgehead atoms. The van der Waals surface area contributed by atoms with E-state index in [1.165, 1.54) is 6.21 Å². The molecule has 1 amide bonds. The van der Waals surface area contributed by atoms with E-state index in [0.717, 1.165) is 6.42 Å². The number of carbonyl (C=O) groups excluding carboxylic acids is 1. The fourth-order valence-electron chi connectivity index (χ4n) is 1.06.